The smallest absolute Gasteiger partial charge is 0.287 e. The molecule has 1 N–H and O–H groups in total. The van der Waals surface area contributed by atoms with Gasteiger partial charge in [0.2, 0.25) is 0 Å². The van der Waals surface area contributed by atoms with E-state index in [9.17, 15) is 9.59 Å². The molecule has 31 heavy (non-hydrogen) atoms. The van der Waals surface area contributed by atoms with Crippen LogP contribution in [0.2, 0.25) is 0 Å². The molecule has 7 heteroatoms. The number of hydrogen-bond donors (Lipinski definition) is 1. The van der Waals surface area contributed by atoms with Crippen LogP contribution in [0, 0.1) is 20.8 Å². The average molecular weight is 424 g/mol. The second-order valence-electron chi connectivity index (χ2n) is 8.37. The van der Waals surface area contributed by atoms with Crippen LogP contribution in [-0.4, -0.2) is 55.5 Å². The molecular weight excluding hydrogens is 394 g/mol. The van der Waals surface area contributed by atoms with Crippen LogP contribution in [0.5, 0.6) is 0 Å². The maximum absolute atomic E-state index is 12.9. The molecule has 0 bridgehead atoms. The van der Waals surface area contributed by atoms with Gasteiger partial charge in [0.05, 0.1) is 11.4 Å². The Kier molecular flexibility index (Phi) is 5.98. The lowest BCUT2D eigenvalue weighted by Crippen LogP contribution is -2.48. The first kappa shape index (κ1) is 21.3. The number of likely N-dealkylation sites (N-methyl/N-ethyl adjacent to an activating group) is 1. The van der Waals surface area contributed by atoms with Crippen molar-refractivity contribution in [3.8, 4) is 0 Å². The fourth-order valence-corrected chi connectivity index (χ4v) is 4.02. The molecule has 1 atom stereocenters. The van der Waals surface area contributed by atoms with E-state index < -0.39 is 5.91 Å². The number of carbonyl (C=O) groups is 1. The van der Waals surface area contributed by atoms with Gasteiger partial charge in [-0.15, -0.1) is 0 Å². The van der Waals surface area contributed by atoms with Crippen LogP contribution >= 0.6 is 0 Å². The molecule has 1 unspecified atom stereocenters. The number of rotatable bonds is 5. The Hall–Kier alpha value is -2.90. The van der Waals surface area contributed by atoms with E-state index >= 15 is 0 Å². The predicted molar refractivity (Wildman–Crippen MR) is 120 cm³/mol. The molecule has 1 aromatic carbocycles. The summed E-state index contributed by atoms with van der Waals surface area (Å²) in [5.41, 5.74) is 2.13. The van der Waals surface area contributed by atoms with Crippen molar-refractivity contribution in [1.82, 2.24) is 15.1 Å². The normalized spacial score (nSPS) is 16.5. The number of aryl methyl sites for hydroxylation is 3. The number of nitrogens with zero attached hydrogens (tertiary/aromatic N) is 2. The molecule has 3 heterocycles. The van der Waals surface area contributed by atoms with Gasteiger partial charge < -0.3 is 19.1 Å². The van der Waals surface area contributed by atoms with Crippen molar-refractivity contribution in [2.45, 2.75) is 26.8 Å². The summed E-state index contributed by atoms with van der Waals surface area (Å²) in [7, 11) is 2.11. The Bertz CT molecular complexity index is 1160. The van der Waals surface area contributed by atoms with E-state index in [2.05, 4.69) is 22.2 Å². The second kappa shape index (κ2) is 8.69. The molecule has 1 aliphatic rings. The summed E-state index contributed by atoms with van der Waals surface area (Å²) < 4.78 is 11.8. The van der Waals surface area contributed by atoms with E-state index in [1.807, 2.05) is 39.0 Å². The molecule has 0 aliphatic carbocycles. The summed E-state index contributed by atoms with van der Waals surface area (Å²) in [6, 6.07) is 8.73. The van der Waals surface area contributed by atoms with E-state index in [1.165, 1.54) is 6.07 Å². The molecule has 0 spiro atoms. The average Bonchev–Trinajstić information content (AvgIpc) is 3.18. The summed E-state index contributed by atoms with van der Waals surface area (Å²) in [6.07, 6.45) is 0. The summed E-state index contributed by atoms with van der Waals surface area (Å²) >= 11 is 0. The highest BCUT2D eigenvalue weighted by Gasteiger charge is 2.27. The Morgan fingerprint density at radius 1 is 1.06 bits per heavy atom. The van der Waals surface area contributed by atoms with Gasteiger partial charge in [-0.2, -0.15) is 0 Å². The lowest BCUT2D eigenvalue weighted by atomic mass is 10.1. The van der Waals surface area contributed by atoms with Gasteiger partial charge in [-0.05, 0) is 57.1 Å². The van der Waals surface area contributed by atoms with Crippen LogP contribution < -0.4 is 10.7 Å². The van der Waals surface area contributed by atoms with Crippen molar-refractivity contribution < 1.29 is 13.6 Å². The topological polar surface area (TPSA) is 78.9 Å². The quantitative estimate of drug-likeness (QED) is 0.680. The minimum Gasteiger partial charge on any atom is -0.465 e. The van der Waals surface area contributed by atoms with E-state index in [0.29, 0.717) is 17.5 Å². The third-order valence-corrected chi connectivity index (χ3v) is 6.16. The van der Waals surface area contributed by atoms with Crippen LogP contribution in [-0.2, 0) is 0 Å². The summed E-state index contributed by atoms with van der Waals surface area (Å²) in [5, 5.41) is 3.44. The second-order valence-corrected chi connectivity index (χ2v) is 8.37. The number of piperazine rings is 1. The molecule has 1 aliphatic heterocycles. The maximum Gasteiger partial charge on any atom is 0.287 e. The molecule has 1 fully saturated rings. The van der Waals surface area contributed by atoms with Crippen LogP contribution in [0.15, 0.2) is 44.0 Å². The standard InChI is InChI=1S/C24H29N3O4/c1-15-5-7-18-20(28)13-22(31-23(18)17(15)3)24(29)25-14-19(21-8-6-16(2)30-21)27-11-9-26(4)10-12-27/h5-8,13,19H,9-12,14H2,1-4H3,(H,25,29). The molecule has 0 saturated carbocycles. The van der Waals surface area contributed by atoms with Crippen LogP contribution in [0.1, 0.15) is 39.2 Å². The zero-order valence-electron chi connectivity index (χ0n) is 18.5. The molecule has 1 saturated heterocycles. The van der Waals surface area contributed by atoms with Gasteiger partial charge in [-0.3, -0.25) is 14.5 Å². The number of benzene rings is 1. The van der Waals surface area contributed by atoms with Gasteiger partial charge >= 0.3 is 0 Å². The predicted octanol–water partition coefficient (Wildman–Crippen LogP) is 3.03. The number of nitrogens with one attached hydrogen (secondary N) is 1. The van der Waals surface area contributed by atoms with E-state index in [1.54, 1.807) is 6.07 Å². The minimum atomic E-state index is -0.401. The van der Waals surface area contributed by atoms with E-state index in [4.69, 9.17) is 8.83 Å². The van der Waals surface area contributed by atoms with Crippen LogP contribution in [0.3, 0.4) is 0 Å². The molecule has 4 rings (SSSR count). The van der Waals surface area contributed by atoms with Crippen molar-refractivity contribution in [3.05, 3.63) is 69.0 Å². The van der Waals surface area contributed by atoms with Crippen molar-refractivity contribution >= 4 is 16.9 Å². The highest BCUT2D eigenvalue weighted by molar-refractivity contribution is 5.93. The van der Waals surface area contributed by atoms with Crippen LogP contribution in [0.4, 0.5) is 0 Å². The number of hydrogen-bond acceptors (Lipinski definition) is 6. The lowest BCUT2D eigenvalue weighted by Gasteiger charge is -2.37. The zero-order valence-corrected chi connectivity index (χ0v) is 18.5. The molecule has 0 radical (unpaired) electrons. The Labute approximate surface area is 181 Å². The molecule has 2 aromatic heterocycles. The van der Waals surface area contributed by atoms with Gasteiger partial charge in [-0.25, -0.2) is 0 Å². The molecule has 164 valence electrons. The highest BCUT2D eigenvalue weighted by atomic mass is 16.3. The van der Waals surface area contributed by atoms with Crippen molar-refractivity contribution in [2.24, 2.45) is 0 Å². The van der Waals surface area contributed by atoms with Crippen molar-refractivity contribution in [2.75, 3.05) is 39.8 Å². The third-order valence-electron chi connectivity index (χ3n) is 6.16. The van der Waals surface area contributed by atoms with Gasteiger partial charge in [-0.1, -0.05) is 6.07 Å². The summed E-state index contributed by atoms with van der Waals surface area (Å²) in [6.45, 7) is 9.82. The number of furan rings is 1. The molecule has 7 nitrogen and oxygen atoms in total. The lowest BCUT2D eigenvalue weighted by molar-refractivity contribution is 0.0830. The number of carbonyl (C=O) groups excluding carboxylic acids is 1. The molecular formula is C24H29N3O4. The maximum atomic E-state index is 12.9. The Morgan fingerprint density at radius 3 is 2.48 bits per heavy atom. The largest absolute Gasteiger partial charge is 0.465 e. The minimum absolute atomic E-state index is 0.0268. The fraction of sp³-hybridized carbons (Fsp3) is 0.417. The van der Waals surface area contributed by atoms with Crippen LogP contribution in [0.25, 0.3) is 11.0 Å². The van der Waals surface area contributed by atoms with Crippen molar-refractivity contribution in [3.63, 3.8) is 0 Å². The molecule has 1 amide bonds. The van der Waals surface area contributed by atoms with Crippen molar-refractivity contribution in [1.29, 1.82) is 0 Å². The summed E-state index contributed by atoms with van der Waals surface area (Å²) in [5.74, 6) is 1.29. The number of fused-ring (bicyclic) bond motifs is 1. The zero-order chi connectivity index (χ0) is 22.1. The third kappa shape index (κ3) is 4.43. The van der Waals surface area contributed by atoms with E-state index in [-0.39, 0.29) is 17.2 Å². The SMILES string of the molecule is Cc1ccc(C(CNC(=O)c2cc(=O)c3ccc(C)c(C)c3o2)N2CCN(C)CC2)o1. The Balaban J connectivity index is 1.56. The first-order valence-corrected chi connectivity index (χ1v) is 10.6. The number of amides is 1. The van der Waals surface area contributed by atoms with Gasteiger partial charge in [0, 0.05) is 38.8 Å². The van der Waals surface area contributed by atoms with E-state index in [0.717, 1.165) is 48.8 Å². The summed E-state index contributed by atoms with van der Waals surface area (Å²) in [4.78, 5) is 30.1. The first-order valence-electron chi connectivity index (χ1n) is 10.6. The first-order chi connectivity index (χ1) is 14.8. The van der Waals surface area contributed by atoms with Gasteiger partial charge in [0.15, 0.2) is 11.2 Å². The van der Waals surface area contributed by atoms with Gasteiger partial charge in [0.25, 0.3) is 5.91 Å². The monoisotopic (exact) mass is 423 g/mol. The Morgan fingerprint density at radius 2 is 1.81 bits per heavy atom. The molecule has 3 aromatic rings. The highest BCUT2D eigenvalue weighted by Crippen LogP contribution is 2.24. The fourth-order valence-electron chi connectivity index (χ4n) is 4.02. The van der Waals surface area contributed by atoms with Gasteiger partial charge in [0.1, 0.15) is 17.1 Å².